The third-order valence-electron chi connectivity index (χ3n) is 5.04. The molecule has 1 saturated heterocycles. The number of ether oxygens (including phenoxy) is 1. The number of nitrogens with one attached hydrogen (secondary N) is 3. The molecule has 8 nitrogen and oxygen atoms in total. The average Bonchev–Trinajstić information content (AvgIpc) is 3.26. The maximum absolute atomic E-state index is 13.1. The van der Waals surface area contributed by atoms with Crippen molar-refractivity contribution in [2.75, 3.05) is 24.5 Å². The topological polar surface area (TPSA) is 117 Å². The van der Waals surface area contributed by atoms with Gasteiger partial charge in [-0.15, -0.1) is 0 Å². The van der Waals surface area contributed by atoms with Gasteiger partial charge in [-0.05, 0) is 48.9 Å². The molecular formula is C21H20FN3O5S. The molecule has 1 aliphatic rings. The van der Waals surface area contributed by atoms with Crippen molar-refractivity contribution in [1.82, 2.24) is 10.3 Å². The summed E-state index contributed by atoms with van der Waals surface area (Å²) >= 11 is 0. The number of carbonyl (C=O) groups excluding carboxylic acids is 1. The Labute approximate surface area is 177 Å². The molecule has 1 aromatic heterocycles. The van der Waals surface area contributed by atoms with E-state index in [4.69, 9.17) is 4.74 Å². The number of sulfonamides is 1. The van der Waals surface area contributed by atoms with E-state index in [2.05, 4.69) is 15.0 Å². The van der Waals surface area contributed by atoms with E-state index in [1.165, 1.54) is 30.3 Å². The Kier molecular flexibility index (Phi) is 5.75. The molecule has 10 heteroatoms. The number of H-pyrrole nitrogens is 1. The van der Waals surface area contributed by atoms with Crippen molar-refractivity contribution < 1.29 is 22.3 Å². The predicted molar refractivity (Wildman–Crippen MR) is 113 cm³/mol. The van der Waals surface area contributed by atoms with Gasteiger partial charge in [0.1, 0.15) is 5.82 Å². The van der Waals surface area contributed by atoms with Gasteiger partial charge in [-0.2, -0.15) is 0 Å². The second-order valence-corrected chi connectivity index (χ2v) is 8.99. The Balaban J connectivity index is 1.66. The summed E-state index contributed by atoms with van der Waals surface area (Å²) in [5, 5.41) is 3.08. The van der Waals surface area contributed by atoms with Crippen molar-refractivity contribution in [2.45, 2.75) is 11.3 Å². The fourth-order valence-electron chi connectivity index (χ4n) is 3.40. The Morgan fingerprint density at radius 2 is 1.94 bits per heavy atom. The predicted octanol–water partition coefficient (Wildman–Crippen LogP) is 2.23. The van der Waals surface area contributed by atoms with E-state index >= 15 is 0 Å². The lowest BCUT2D eigenvalue weighted by Crippen LogP contribution is -2.30. The lowest BCUT2D eigenvalue weighted by Gasteiger charge is -2.12. The van der Waals surface area contributed by atoms with Gasteiger partial charge in [0.2, 0.25) is 5.56 Å². The molecule has 2 aromatic carbocycles. The SMILES string of the molecule is O=C(NCC1CCOC1)c1cc(=O)[nH]c2ccc(S(=O)(=O)Nc3ccc(F)cc3)cc12. The summed E-state index contributed by atoms with van der Waals surface area (Å²) in [7, 11) is -4.01. The van der Waals surface area contributed by atoms with Crippen molar-refractivity contribution in [3.05, 3.63) is 70.3 Å². The van der Waals surface area contributed by atoms with Crippen molar-refractivity contribution in [3.63, 3.8) is 0 Å². The first kappa shape index (κ1) is 21.0. The fourth-order valence-corrected chi connectivity index (χ4v) is 4.48. The molecular weight excluding hydrogens is 425 g/mol. The normalized spacial score (nSPS) is 16.4. The molecule has 1 amide bonds. The fraction of sp³-hybridized carbons (Fsp3) is 0.238. The molecule has 31 heavy (non-hydrogen) atoms. The van der Waals surface area contributed by atoms with Crippen LogP contribution >= 0.6 is 0 Å². The molecule has 1 unspecified atom stereocenters. The third-order valence-corrected chi connectivity index (χ3v) is 6.42. The molecule has 162 valence electrons. The van der Waals surface area contributed by atoms with E-state index in [9.17, 15) is 22.4 Å². The molecule has 3 N–H and O–H groups in total. The Morgan fingerprint density at radius 3 is 2.65 bits per heavy atom. The summed E-state index contributed by atoms with van der Waals surface area (Å²) in [4.78, 5) is 27.3. The summed E-state index contributed by atoms with van der Waals surface area (Å²) in [6.07, 6.45) is 0.841. The number of carbonyl (C=O) groups is 1. The third kappa shape index (κ3) is 4.75. The molecule has 1 fully saturated rings. The lowest BCUT2D eigenvalue weighted by molar-refractivity contribution is 0.0946. The van der Waals surface area contributed by atoms with Gasteiger partial charge in [-0.1, -0.05) is 0 Å². The number of benzene rings is 2. The minimum absolute atomic E-state index is 0.0801. The first-order valence-electron chi connectivity index (χ1n) is 9.63. The summed E-state index contributed by atoms with van der Waals surface area (Å²) < 4.78 is 46.3. The molecule has 0 saturated carbocycles. The molecule has 0 radical (unpaired) electrons. The highest BCUT2D eigenvalue weighted by Crippen LogP contribution is 2.23. The molecule has 1 atom stereocenters. The number of hydrogen-bond acceptors (Lipinski definition) is 5. The van der Waals surface area contributed by atoms with E-state index in [0.29, 0.717) is 30.7 Å². The maximum atomic E-state index is 13.1. The van der Waals surface area contributed by atoms with Gasteiger partial charge in [0, 0.05) is 41.7 Å². The van der Waals surface area contributed by atoms with Gasteiger partial charge >= 0.3 is 0 Å². The number of anilines is 1. The van der Waals surface area contributed by atoms with Crippen LogP contribution in [0.25, 0.3) is 10.9 Å². The van der Waals surface area contributed by atoms with Crippen LogP contribution in [0.5, 0.6) is 0 Å². The Hall–Kier alpha value is -3.24. The number of aromatic nitrogens is 1. The van der Waals surface area contributed by atoms with E-state index in [-0.39, 0.29) is 22.1 Å². The van der Waals surface area contributed by atoms with Crippen LogP contribution in [0.2, 0.25) is 0 Å². The van der Waals surface area contributed by atoms with E-state index in [0.717, 1.165) is 24.6 Å². The summed E-state index contributed by atoms with van der Waals surface area (Å²) in [6, 6.07) is 10.1. The molecule has 1 aliphatic heterocycles. The van der Waals surface area contributed by atoms with Gasteiger partial charge in [-0.25, -0.2) is 12.8 Å². The van der Waals surface area contributed by atoms with Gasteiger partial charge in [0.25, 0.3) is 15.9 Å². The van der Waals surface area contributed by atoms with E-state index in [1.807, 2.05) is 0 Å². The van der Waals surface area contributed by atoms with Gasteiger partial charge < -0.3 is 15.0 Å². The number of pyridine rings is 1. The van der Waals surface area contributed by atoms with Gasteiger partial charge in [0.15, 0.2) is 0 Å². The molecule has 3 aromatic rings. The minimum atomic E-state index is -4.01. The Bertz CT molecular complexity index is 1280. The van der Waals surface area contributed by atoms with Gasteiger partial charge in [-0.3, -0.25) is 14.3 Å². The number of aromatic amines is 1. The van der Waals surface area contributed by atoms with Crippen LogP contribution in [0.3, 0.4) is 0 Å². The van der Waals surface area contributed by atoms with Crippen molar-refractivity contribution in [3.8, 4) is 0 Å². The van der Waals surface area contributed by atoms with E-state index in [1.54, 1.807) is 0 Å². The highest BCUT2D eigenvalue weighted by Gasteiger charge is 2.20. The molecule has 0 spiro atoms. The minimum Gasteiger partial charge on any atom is -0.381 e. The van der Waals surface area contributed by atoms with Gasteiger partial charge in [0.05, 0.1) is 17.1 Å². The summed E-state index contributed by atoms with van der Waals surface area (Å²) in [5.74, 6) is -0.755. The Morgan fingerprint density at radius 1 is 1.16 bits per heavy atom. The lowest BCUT2D eigenvalue weighted by atomic mass is 10.1. The smallest absolute Gasteiger partial charge is 0.261 e. The molecule has 2 heterocycles. The molecule has 0 aliphatic carbocycles. The van der Waals surface area contributed by atoms with Crippen LogP contribution in [0.1, 0.15) is 16.8 Å². The zero-order valence-corrected chi connectivity index (χ0v) is 17.2. The largest absolute Gasteiger partial charge is 0.381 e. The van der Waals surface area contributed by atoms with Crippen molar-refractivity contribution >= 4 is 32.5 Å². The maximum Gasteiger partial charge on any atom is 0.261 e. The zero-order chi connectivity index (χ0) is 22.0. The number of rotatable bonds is 6. The second kappa shape index (κ2) is 8.48. The standard InChI is InChI=1S/C21H20FN3O5S/c22-14-1-3-15(4-2-14)25-31(28,29)16-5-6-19-17(9-16)18(10-20(26)24-19)21(27)23-11-13-7-8-30-12-13/h1-6,9-10,13,25H,7-8,11-12H2,(H,23,27)(H,24,26). The first-order chi connectivity index (χ1) is 14.8. The zero-order valence-electron chi connectivity index (χ0n) is 16.4. The quantitative estimate of drug-likeness (QED) is 0.538. The molecule has 0 bridgehead atoms. The van der Waals surface area contributed by atoms with Crippen LogP contribution in [0, 0.1) is 11.7 Å². The van der Waals surface area contributed by atoms with Crippen molar-refractivity contribution in [2.24, 2.45) is 5.92 Å². The van der Waals surface area contributed by atoms with E-state index < -0.39 is 27.3 Å². The van der Waals surface area contributed by atoms with Crippen molar-refractivity contribution in [1.29, 1.82) is 0 Å². The molecule has 4 rings (SSSR count). The van der Waals surface area contributed by atoms with Crippen LogP contribution in [-0.4, -0.2) is 39.1 Å². The van der Waals surface area contributed by atoms with Crippen LogP contribution in [0.4, 0.5) is 10.1 Å². The highest BCUT2D eigenvalue weighted by atomic mass is 32.2. The summed E-state index contributed by atoms with van der Waals surface area (Å²) in [6.45, 7) is 1.61. The number of fused-ring (bicyclic) bond motifs is 1. The number of halogens is 1. The summed E-state index contributed by atoms with van der Waals surface area (Å²) in [5.41, 5.74) is 0.140. The van der Waals surface area contributed by atoms with Crippen LogP contribution in [0.15, 0.2) is 58.2 Å². The van der Waals surface area contributed by atoms with Crippen LogP contribution in [-0.2, 0) is 14.8 Å². The monoisotopic (exact) mass is 445 g/mol. The number of hydrogen-bond donors (Lipinski definition) is 3. The second-order valence-electron chi connectivity index (χ2n) is 7.31. The number of amides is 1. The first-order valence-corrected chi connectivity index (χ1v) is 11.1. The van der Waals surface area contributed by atoms with Crippen LogP contribution < -0.4 is 15.6 Å². The average molecular weight is 445 g/mol. The highest BCUT2D eigenvalue weighted by molar-refractivity contribution is 7.92.